The fraction of sp³-hybridized carbons (Fsp3) is 0.444. The van der Waals surface area contributed by atoms with E-state index in [0.29, 0.717) is 0 Å². The van der Waals surface area contributed by atoms with E-state index in [4.69, 9.17) is 4.74 Å². The summed E-state index contributed by atoms with van der Waals surface area (Å²) in [5.41, 5.74) is 0.786. The van der Waals surface area contributed by atoms with Crippen LogP contribution in [0.5, 0.6) is 0 Å². The Bertz CT molecular complexity index is 630. The number of hydrogen-bond donors (Lipinski definition) is 1. The van der Waals surface area contributed by atoms with Crippen LogP contribution in [0.25, 0.3) is 0 Å². The SMILES string of the molecule is CC(=O)OCC(CSC(C)=O)C(=O)N(C)[C@@H](Cc1ccccc1)C(=O)O. The van der Waals surface area contributed by atoms with E-state index in [2.05, 4.69) is 0 Å². The molecule has 1 aromatic carbocycles. The molecule has 0 aliphatic carbocycles. The highest BCUT2D eigenvalue weighted by Crippen LogP contribution is 2.16. The minimum Gasteiger partial charge on any atom is -0.480 e. The zero-order valence-electron chi connectivity index (χ0n) is 15.0. The molecule has 0 radical (unpaired) electrons. The molecule has 0 aliphatic rings. The molecule has 1 aromatic rings. The van der Waals surface area contributed by atoms with Gasteiger partial charge in [0.05, 0.1) is 5.92 Å². The molecule has 1 rings (SSSR count). The van der Waals surface area contributed by atoms with Crippen LogP contribution < -0.4 is 0 Å². The van der Waals surface area contributed by atoms with Crippen molar-refractivity contribution < 1.29 is 29.0 Å². The van der Waals surface area contributed by atoms with Gasteiger partial charge < -0.3 is 14.7 Å². The minimum atomic E-state index is -1.13. The van der Waals surface area contributed by atoms with Crippen molar-refractivity contribution in [1.29, 1.82) is 0 Å². The van der Waals surface area contributed by atoms with Crippen molar-refractivity contribution in [2.45, 2.75) is 26.3 Å². The lowest BCUT2D eigenvalue weighted by atomic mass is 10.0. The highest BCUT2D eigenvalue weighted by atomic mass is 32.2. The second kappa shape index (κ2) is 10.6. The number of likely N-dealkylation sites (N-methyl/N-ethyl adjacent to an activating group) is 1. The number of hydrogen-bond acceptors (Lipinski definition) is 6. The van der Waals surface area contributed by atoms with Crippen LogP contribution in [0.2, 0.25) is 0 Å². The van der Waals surface area contributed by atoms with Gasteiger partial charge in [0.15, 0.2) is 5.12 Å². The van der Waals surface area contributed by atoms with Crippen LogP contribution in [0.15, 0.2) is 30.3 Å². The van der Waals surface area contributed by atoms with E-state index < -0.39 is 29.8 Å². The van der Waals surface area contributed by atoms with Gasteiger partial charge in [-0.3, -0.25) is 14.4 Å². The normalized spacial score (nSPS) is 12.7. The van der Waals surface area contributed by atoms with Gasteiger partial charge in [0.1, 0.15) is 12.6 Å². The molecule has 2 atom stereocenters. The number of ether oxygens (including phenoxy) is 1. The third-order valence-electron chi connectivity index (χ3n) is 3.70. The maximum absolute atomic E-state index is 12.8. The molecule has 1 amide bonds. The quantitative estimate of drug-likeness (QED) is 0.648. The predicted molar refractivity (Wildman–Crippen MR) is 97.6 cm³/mol. The first-order valence-corrected chi connectivity index (χ1v) is 9.01. The number of carboxylic acid groups (broad SMARTS) is 1. The number of rotatable bonds is 9. The first-order chi connectivity index (χ1) is 12.2. The fourth-order valence-corrected chi connectivity index (χ4v) is 2.97. The first kappa shape index (κ1) is 21.7. The summed E-state index contributed by atoms with van der Waals surface area (Å²) in [6, 6.07) is 7.92. The van der Waals surface area contributed by atoms with E-state index in [1.807, 2.05) is 6.07 Å². The molecule has 1 unspecified atom stereocenters. The Morgan fingerprint density at radius 1 is 1.15 bits per heavy atom. The molecule has 0 saturated heterocycles. The molecule has 0 bridgehead atoms. The first-order valence-electron chi connectivity index (χ1n) is 8.02. The number of thioether (sulfide) groups is 1. The lowest BCUT2D eigenvalue weighted by Crippen LogP contribution is -2.47. The number of esters is 1. The van der Waals surface area contributed by atoms with Gasteiger partial charge in [-0.25, -0.2) is 4.79 Å². The van der Waals surface area contributed by atoms with Crippen molar-refractivity contribution in [3.05, 3.63) is 35.9 Å². The van der Waals surface area contributed by atoms with E-state index in [-0.39, 0.29) is 23.9 Å². The lowest BCUT2D eigenvalue weighted by molar-refractivity contribution is -0.153. The highest BCUT2D eigenvalue weighted by molar-refractivity contribution is 8.13. The van der Waals surface area contributed by atoms with Gasteiger partial charge in [0.2, 0.25) is 5.91 Å². The fourth-order valence-electron chi connectivity index (χ4n) is 2.30. The molecular formula is C18H23NO6S. The smallest absolute Gasteiger partial charge is 0.326 e. The average Bonchev–Trinajstić information content (AvgIpc) is 2.58. The van der Waals surface area contributed by atoms with Crippen LogP contribution in [0.4, 0.5) is 0 Å². The van der Waals surface area contributed by atoms with E-state index in [1.54, 1.807) is 24.3 Å². The van der Waals surface area contributed by atoms with Gasteiger partial charge in [-0.2, -0.15) is 0 Å². The van der Waals surface area contributed by atoms with Crippen LogP contribution in [-0.2, 0) is 30.3 Å². The molecule has 0 saturated carbocycles. The molecule has 0 spiro atoms. The second-order valence-electron chi connectivity index (χ2n) is 5.79. The van der Waals surface area contributed by atoms with Crippen molar-refractivity contribution in [3.8, 4) is 0 Å². The number of carboxylic acids is 1. The number of benzene rings is 1. The average molecular weight is 381 g/mol. The van der Waals surface area contributed by atoms with E-state index in [0.717, 1.165) is 22.2 Å². The van der Waals surface area contributed by atoms with Gasteiger partial charge in [0.25, 0.3) is 0 Å². The topological polar surface area (TPSA) is 101 Å². The molecule has 8 heteroatoms. The molecule has 0 aliphatic heterocycles. The zero-order valence-corrected chi connectivity index (χ0v) is 15.8. The lowest BCUT2D eigenvalue weighted by Gasteiger charge is -2.28. The van der Waals surface area contributed by atoms with E-state index in [1.165, 1.54) is 20.9 Å². The van der Waals surface area contributed by atoms with Crippen molar-refractivity contribution >= 4 is 34.7 Å². The van der Waals surface area contributed by atoms with Crippen LogP contribution in [0.3, 0.4) is 0 Å². The Balaban J connectivity index is 2.91. The highest BCUT2D eigenvalue weighted by Gasteiger charge is 2.32. The maximum atomic E-state index is 12.8. The van der Waals surface area contributed by atoms with Crippen LogP contribution in [-0.4, -0.2) is 58.4 Å². The molecule has 26 heavy (non-hydrogen) atoms. The maximum Gasteiger partial charge on any atom is 0.326 e. The molecule has 0 fully saturated rings. The molecule has 0 aromatic heterocycles. The van der Waals surface area contributed by atoms with Crippen molar-refractivity contribution in [1.82, 2.24) is 4.90 Å². The van der Waals surface area contributed by atoms with E-state index >= 15 is 0 Å². The standard InChI is InChI=1S/C18H23NO6S/c1-12(20)25-10-15(11-26-13(2)21)17(22)19(3)16(18(23)24)9-14-7-5-4-6-8-14/h4-8,15-16H,9-11H2,1-3H3,(H,23,24)/t15?,16-/m0/s1. The molecule has 0 heterocycles. The summed E-state index contributed by atoms with van der Waals surface area (Å²) in [7, 11) is 1.41. The number of carbonyl (C=O) groups excluding carboxylic acids is 3. The van der Waals surface area contributed by atoms with Crippen molar-refractivity contribution in [2.24, 2.45) is 5.92 Å². The number of nitrogens with zero attached hydrogens (tertiary/aromatic N) is 1. The van der Waals surface area contributed by atoms with Gasteiger partial charge in [0, 0.05) is 33.1 Å². The van der Waals surface area contributed by atoms with Crippen LogP contribution in [0.1, 0.15) is 19.4 Å². The number of carbonyl (C=O) groups is 4. The van der Waals surface area contributed by atoms with Crippen LogP contribution in [0, 0.1) is 5.92 Å². The second-order valence-corrected chi connectivity index (χ2v) is 6.99. The van der Waals surface area contributed by atoms with Crippen LogP contribution >= 0.6 is 11.8 Å². The summed E-state index contributed by atoms with van der Waals surface area (Å²) in [6.07, 6.45) is 0.151. The van der Waals surface area contributed by atoms with Gasteiger partial charge in [-0.15, -0.1) is 0 Å². The third kappa shape index (κ3) is 7.26. The van der Waals surface area contributed by atoms with Crippen molar-refractivity contribution in [3.63, 3.8) is 0 Å². The molecular weight excluding hydrogens is 358 g/mol. The number of amides is 1. The van der Waals surface area contributed by atoms with E-state index in [9.17, 15) is 24.3 Å². The summed E-state index contributed by atoms with van der Waals surface area (Å²) >= 11 is 0.936. The Hall–Kier alpha value is -2.35. The number of aliphatic carboxylic acids is 1. The molecule has 1 N–H and O–H groups in total. The molecule has 7 nitrogen and oxygen atoms in total. The van der Waals surface area contributed by atoms with Gasteiger partial charge >= 0.3 is 11.9 Å². The Morgan fingerprint density at radius 2 is 1.77 bits per heavy atom. The zero-order chi connectivity index (χ0) is 19.7. The third-order valence-corrected chi connectivity index (χ3v) is 4.67. The largest absolute Gasteiger partial charge is 0.480 e. The molecule has 142 valence electrons. The summed E-state index contributed by atoms with van der Waals surface area (Å²) < 4.78 is 4.91. The summed E-state index contributed by atoms with van der Waals surface area (Å²) in [5.74, 6) is -2.84. The van der Waals surface area contributed by atoms with Gasteiger partial charge in [-0.1, -0.05) is 42.1 Å². The Kier molecular flexibility index (Phi) is 8.84. The Morgan fingerprint density at radius 3 is 2.27 bits per heavy atom. The predicted octanol–water partition coefficient (Wildman–Crippen LogP) is 1.60. The summed E-state index contributed by atoms with van der Waals surface area (Å²) in [4.78, 5) is 47.8. The Labute approximate surface area is 156 Å². The monoisotopic (exact) mass is 381 g/mol. The minimum absolute atomic E-state index is 0.115. The summed E-state index contributed by atoms with van der Waals surface area (Å²) in [6.45, 7) is 2.40. The van der Waals surface area contributed by atoms with Gasteiger partial charge in [-0.05, 0) is 5.56 Å². The van der Waals surface area contributed by atoms with Crippen molar-refractivity contribution in [2.75, 3.05) is 19.4 Å². The summed E-state index contributed by atoms with van der Waals surface area (Å²) in [5, 5.41) is 9.36.